The molecule has 0 unspecified atom stereocenters. The largest absolute Gasteiger partial charge is 0.467 e. The van der Waals surface area contributed by atoms with Crippen LogP contribution in [0.5, 0.6) is 0 Å². The monoisotopic (exact) mass is 562 g/mol. The number of hydrogen-bond acceptors (Lipinski definition) is 5. The van der Waals surface area contributed by atoms with Gasteiger partial charge in [-0.05, 0) is 43.0 Å². The molecule has 0 spiro atoms. The Hall–Kier alpha value is -3.07. The predicted molar refractivity (Wildman–Crippen MR) is 146 cm³/mol. The van der Waals surface area contributed by atoms with Crippen molar-refractivity contribution in [2.75, 3.05) is 17.7 Å². The van der Waals surface area contributed by atoms with E-state index in [2.05, 4.69) is 20.9 Å². The van der Waals surface area contributed by atoms with E-state index in [-0.39, 0.29) is 33.0 Å². The Kier molecular flexibility index (Phi) is 8.74. The summed E-state index contributed by atoms with van der Waals surface area (Å²) in [5.74, 6) is -1.16. The minimum atomic E-state index is -0.820. The molecule has 37 heavy (non-hydrogen) atoms. The molecule has 4 rings (SSSR count). The number of pyridine rings is 1. The van der Waals surface area contributed by atoms with Crippen LogP contribution in [0.1, 0.15) is 42.6 Å². The Bertz CT molecular complexity index is 1320. The molecule has 0 saturated heterocycles. The normalized spacial score (nSPS) is 14.6. The Morgan fingerprint density at radius 1 is 0.973 bits per heavy atom. The lowest BCUT2D eigenvalue weighted by atomic mass is 9.84. The zero-order valence-electron chi connectivity index (χ0n) is 19.9. The number of carbonyl (C=O) groups excluding carboxylic acids is 3. The number of fused-ring (bicyclic) bond motifs is 1. The van der Waals surface area contributed by atoms with E-state index in [0.717, 1.165) is 32.1 Å². The second-order valence-corrected chi connectivity index (χ2v) is 10.0. The number of nitrogens with one attached hydrogen (secondary N) is 3. The van der Waals surface area contributed by atoms with Gasteiger partial charge in [-0.25, -0.2) is 14.6 Å². The molecule has 3 amide bonds. The van der Waals surface area contributed by atoms with Gasteiger partial charge in [0, 0.05) is 10.4 Å². The highest BCUT2D eigenvalue weighted by molar-refractivity contribution is 6.42. The highest BCUT2D eigenvalue weighted by atomic mass is 35.5. The summed E-state index contributed by atoms with van der Waals surface area (Å²) in [4.78, 5) is 43.4. The number of amides is 3. The molecule has 11 heteroatoms. The van der Waals surface area contributed by atoms with Crippen LogP contribution in [0, 0.1) is 5.92 Å². The molecule has 194 valence electrons. The number of aromatic nitrogens is 1. The number of methoxy groups -OCH3 is 1. The molecule has 1 fully saturated rings. The summed E-state index contributed by atoms with van der Waals surface area (Å²) in [6.07, 6.45) is 4.66. The van der Waals surface area contributed by atoms with Crippen molar-refractivity contribution < 1.29 is 19.1 Å². The Morgan fingerprint density at radius 2 is 1.65 bits per heavy atom. The molecule has 0 bridgehead atoms. The first-order valence-electron chi connectivity index (χ1n) is 11.8. The van der Waals surface area contributed by atoms with Gasteiger partial charge in [-0.3, -0.25) is 4.79 Å². The summed E-state index contributed by atoms with van der Waals surface area (Å²) in [7, 11) is 1.29. The van der Waals surface area contributed by atoms with E-state index in [1.807, 2.05) is 6.07 Å². The van der Waals surface area contributed by atoms with E-state index < -0.39 is 23.9 Å². The van der Waals surface area contributed by atoms with Crippen molar-refractivity contribution in [1.29, 1.82) is 0 Å². The van der Waals surface area contributed by atoms with Crippen molar-refractivity contribution in [2.24, 2.45) is 5.92 Å². The van der Waals surface area contributed by atoms with Crippen molar-refractivity contribution in [3.63, 3.8) is 0 Å². The highest BCUT2D eigenvalue weighted by Gasteiger charge is 2.33. The average molecular weight is 564 g/mol. The maximum Gasteiger partial charge on any atom is 0.328 e. The fourth-order valence-electron chi connectivity index (χ4n) is 4.49. The minimum Gasteiger partial charge on any atom is -0.467 e. The standard InChI is InChI=1S/C26H25Cl3N4O4/c1-37-25(35)21(14-7-3-2-4-8-14)32-24(34)23-20(11-15-9-5-6-10-19(15)30-23)31-26(36)33-22-17(28)12-16(27)13-18(22)29/h5-6,9-14,21H,2-4,7-8H2,1H3,(H,32,34)(H2,31,33,36)/t21-/m0/s1. The zero-order valence-corrected chi connectivity index (χ0v) is 22.2. The van der Waals surface area contributed by atoms with Gasteiger partial charge in [0.2, 0.25) is 0 Å². The van der Waals surface area contributed by atoms with Crippen LogP contribution in [-0.2, 0) is 9.53 Å². The Balaban J connectivity index is 1.63. The summed E-state index contributed by atoms with van der Waals surface area (Å²) < 4.78 is 4.98. The third-order valence-electron chi connectivity index (χ3n) is 6.30. The number of rotatable bonds is 6. The van der Waals surface area contributed by atoms with Crippen LogP contribution in [0.25, 0.3) is 10.9 Å². The van der Waals surface area contributed by atoms with E-state index >= 15 is 0 Å². The van der Waals surface area contributed by atoms with Gasteiger partial charge in [0.25, 0.3) is 5.91 Å². The van der Waals surface area contributed by atoms with E-state index in [1.165, 1.54) is 19.2 Å². The van der Waals surface area contributed by atoms with Gasteiger partial charge < -0.3 is 20.7 Å². The molecular weight excluding hydrogens is 539 g/mol. The number of para-hydroxylation sites is 1. The molecule has 1 aromatic heterocycles. The number of anilines is 2. The lowest BCUT2D eigenvalue weighted by molar-refractivity contribution is -0.144. The smallest absolute Gasteiger partial charge is 0.328 e. The minimum absolute atomic E-state index is 0.0421. The van der Waals surface area contributed by atoms with Crippen molar-refractivity contribution >= 4 is 75.0 Å². The van der Waals surface area contributed by atoms with Crippen molar-refractivity contribution in [3.8, 4) is 0 Å². The zero-order chi connectivity index (χ0) is 26.5. The molecule has 1 aliphatic carbocycles. The van der Waals surface area contributed by atoms with Crippen LogP contribution >= 0.6 is 34.8 Å². The van der Waals surface area contributed by atoms with E-state index in [1.54, 1.807) is 24.3 Å². The van der Waals surface area contributed by atoms with Crippen LogP contribution in [0.2, 0.25) is 15.1 Å². The summed E-state index contributed by atoms with van der Waals surface area (Å²) in [6.45, 7) is 0. The van der Waals surface area contributed by atoms with Crippen LogP contribution in [0.4, 0.5) is 16.2 Å². The predicted octanol–water partition coefficient (Wildman–Crippen LogP) is 6.69. The fourth-order valence-corrected chi connectivity index (χ4v) is 5.40. The second kappa shape index (κ2) is 12.0. The highest BCUT2D eigenvalue weighted by Crippen LogP contribution is 2.34. The maximum atomic E-state index is 13.5. The first kappa shape index (κ1) is 27.0. The molecule has 2 aromatic carbocycles. The molecule has 0 aliphatic heterocycles. The molecule has 1 atom stereocenters. The maximum absolute atomic E-state index is 13.5. The van der Waals surface area contributed by atoms with Crippen molar-refractivity contribution in [1.82, 2.24) is 10.3 Å². The number of ether oxygens (including phenoxy) is 1. The molecule has 0 radical (unpaired) electrons. The summed E-state index contributed by atoms with van der Waals surface area (Å²) >= 11 is 18.3. The number of carbonyl (C=O) groups is 3. The van der Waals surface area contributed by atoms with Crippen LogP contribution < -0.4 is 16.0 Å². The number of halogens is 3. The van der Waals surface area contributed by atoms with Gasteiger partial charge in [-0.2, -0.15) is 0 Å². The number of hydrogen-bond donors (Lipinski definition) is 3. The van der Waals surface area contributed by atoms with Gasteiger partial charge in [-0.15, -0.1) is 0 Å². The molecule has 3 N–H and O–H groups in total. The number of esters is 1. The fraction of sp³-hybridized carbons (Fsp3) is 0.308. The van der Waals surface area contributed by atoms with Gasteiger partial charge in [0.15, 0.2) is 5.69 Å². The first-order chi connectivity index (χ1) is 17.8. The third kappa shape index (κ3) is 6.44. The third-order valence-corrected chi connectivity index (χ3v) is 7.11. The average Bonchev–Trinajstić information content (AvgIpc) is 2.88. The van der Waals surface area contributed by atoms with Gasteiger partial charge in [0.1, 0.15) is 6.04 Å². The number of nitrogens with zero attached hydrogens (tertiary/aromatic N) is 1. The van der Waals surface area contributed by atoms with Gasteiger partial charge >= 0.3 is 12.0 Å². The molecule has 8 nitrogen and oxygen atoms in total. The van der Waals surface area contributed by atoms with Crippen LogP contribution in [-0.4, -0.2) is 36.0 Å². The van der Waals surface area contributed by atoms with Crippen LogP contribution in [0.15, 0.2) is 42.5 Å². The Labute approximate surface area is 229 Å². The molecule has 1 heterocycles. The van der Waals surface area contributed by atoms with Gasteiger partial charge in [-0.1, -0.05) is 72.3 Å². The number of urea groups is 1. The van der Waals surface area contributed by atoms with Gasteiger partial charge in [0.05, 0.1) is 34.0 Å². The summed E-state index contributed by atoms with van der Waals surface area (Å²) in [5.41, 5.74) is 0.803. The van der Waals surface area contributed by atoms with Crippen molar-refractivity contribution in [2.45, 2.75) is 38.1 Å². The SMILES string of the molecule is COC(=O)[C@@H](NC(=O)c1nc2ccccc2cc1NC(=O)Nc1c(Cl)cc(Cl)cc1Cl)C1CCCCC1. The molecule has 3 aromatic rings. The second-order valence-electron chi connectivity index (χ2n) is 8.77. The van der Waals surface area contributed by atoms with E-state index in [9.17, 15) is 14.4 Å². The van der Waals surface area contributed by atoms with E-state index in [4.69, 9.17) is 39.5 Å². The summed E-state index contributed by atoms with van der Waals surface area (Å²) in [5, 5.41) is 9.36. The first-order valence-corrected chi connectivity index (χ1v) is 12.9. The summed E-state index contributed by atoms with van der Waals surface area (Å²) in [6, 6.07) is 10.2. The van der Waals surface area contributed by atoms with Crippen molar-refractivity contribution in [3.05, 3.63) is 63.2 Å². The lowest BCUT2D eigenvalue weighted by Gasteiger charge is -2.29. The van der Waals surface area contributed by atoms with Crippen LogP contribution in [0.3, 0.4) is 0 Å². The molecule has 1 aliphatic rings. The number of benzene rings is 2. The lowest BCUT2D eigenvalue weighted by Crippen LogP contribution is -2.47. The quantitative estimate of drug-likeness (QED) is 0.290. The molecule has 1 saturated carbocycles. The molecular formula is C26H25Cl3N4O4. The topological polar surface area (TPSA) is 109 Å². The Morgan fingerprint density at radius 3 is 2.32 bits per heavy atom. The van der Waals surface area contributed by atoms with E-state index in [0.29, 0.717) is 15.9 Å².